The highest BCUT2D eigenvalue weighted by Gasteiger charge is 2.15. The number of rotatable bonds is 1. The van der Waals surface area contributed by atoms with Gasteiger partial charge in [0.25, 0.3) is 0 Å². The van der Waals surface area contributed by atoms with Crippen molar-refractivity contribution in [1.29, 1.82) is 0 Å². The molecule has 0 bridgehead atoms. The average molecular weight is 210 g/mol. The Balaban J connectivity index is 2.32. The van der Waals surface area contributed by atoms with E-state index in [2.05, 4.69) is 42.5 Å². The van der Waals surface area contributed by atoms with E-state index in [-0.39, 0.29) is 6.10 Å². The lowest BCUT2D eigenvalue weighted by molar-refractivity contribution is 0.230. The Morgan fingerprint density at radius 3 is 2.62 bits per heavy atom. The van der Waals surface area contributed by atoms with Gasteiger partial charge in [-0.2, -0.15) is 0 Å². The minimum absolute atomic E-state index is 0.358. The van der Waals surface area contributed by atoms with Crippen LogP contribution in [0.2, 0.25) is 0 Å². The highest BCUT2D eigenvalue weighted by molar-refractivity contribution is 5.95. The molecule has 2 aromatic rings. The van der Waals surface area contributed by atoms with Crippen LogP contribution >= 0.6 is 0 Å². The quantitative estimate of drug-likeness (QED) is 0.766. The lowest BCUT2D eigenvalue weighted by Gasteiger charge is -2.19. The highest BCUT2D eigenvalue weighted by atomic mass is 16.3. The molecule has 1 unspecified atom stereocenters. The largest absolute Gasteiger partial charge is 0.389 e. The van der Waals surface area contributed by atoms with Gasteiger partial charge in [-0.25, -0.2) is 0 Å². The second kappa shape index (κ2) is 3.46. The second-order valence-corrected chi connectivity index (χ2v) is 4.43. The average Bonchev–Trinajstić information content (AvgIpc) is 2.29. The van der Waals surface area contributed by atoms with Gasteiger partial charge in [-0.05, 0) is 40.8 Å². The molecular formula is C15H14O. The van der Waals surface area contributed by atoms with Crippen LogP contribution in [-0.4, -0.2) is 11.2 Å². The number of benzene rings is 2. The molecule has 1 aliphatic carbocycles. The molecule has 0 heterocycles. The van der Waals surface area contributed by atoms with E-state index in [1.165, 1.54) is 21.9 Å². The highest BCUT2D eigenvalue weighted by Crippen LogP contribution is 2.31. The van der Waals surface area contributed by atoms with E-state index >= 15 is 0 Å². The van der Waals surface area contributed by atoms with Crippen LogP contribution in [0, 0.1) is 0 Å². The van der Waals surface area contributed by atoms with Gasteiger partial charge in [-0.1, -0.05) is 42.5 Å². The lowest BCUT2D eigenvalue weighted by atomic mass is 9.87. The maximum absolute atomic E-state index is 9.69. The van der Waals surface area contributed by atoms with E-state index in [1.807, 2.05) is 6.92 Å². The molecule has 16 heavy (non-hydrogen) atoms. The maximum atomic E-state index is 9.69. The predicted octanol–water partition coefficient (Wildman–Crippen LogP) is 3.16. The molecule has 1 N–H and O–H groups in total. The smallest absolute Gasteiger partial charge is 0.0728 e. The molecule has 0 spiro atoms. The van der Waals surface area contributed by atoms with Crippen LogP contribution in [0.25, 0.3) is 16.8 Å². The molecule has 0 amide bonds. The van der Waals surface area contributed by atoms with Gasteiger partial charge in [0.15, 0.2) is 0 Å². The van der Waals surface area contributed by atoms with Gasteiger partial charge in [0.1, 0.15) is 0 Å². The van der Waals surface area contributed by atoms with Crippen molar-refractivity contribution >= 4 is 16.8 Å². The molecule has 80 valence electrons. The maximum Gasteiger partial charge on any atom is 0.0728 e. The minimum Gasteiger partial charge on any atom is -0.389 e. The van der Waals surface area contributed by atoms with Crippen molar-refractivity contribution in [3.63, 3.8) is 0 Å². The summed E-state index contributed by atoms with van der Waals surface area (Å²) in [6, 6.07) is 12.7. The minimum atomic E-state index is -0.358. The summed E-state index contributed by atoms with van der Waals surface area (Å²) in [6.07, 6.45) is 2.63. The Hall–Kier alpha value is -1.60. The first-order valence-corrected chi connectivity index (χ1v) is 5.65. The van der Waals surface area contributed by atoms with E-state index in [9.17, 15) is 5.11 Å². The summed E-state index contributed by atoms with van der Waals surface area (Å²) in [5.41, 5.74) is 3.66. The third-order valence-electron chi connectivity index (χ3n) is 3.30. The number of aliphatic hydroxyl groups is 1. The number of aliphatic hydroxyl groups excluding tert-OH is 1. The van der Waals surface area contributed by atoms with Crippen molar-refractivity contribution < 1.29 is 5.11 Å². The van der Waals surface area contributed by atoms with Gasteiger partial charge in [-0.15, -0.1) is 0 Å². The number of hydrogen-bond donors (Lipinski definition) is 1. The van der Waals surface area contributed by atoms with Crippen LogP contribution in [0.5, 0.6) is 0 Å². The fourth-order valence-corrected chi connectivity index (χ4v) is 2.46. The Morgan fingerprint density at radius 1 is 1.12 bits per heavy atom. The van der Waals surface area contributed by atoms with Gasteiger partial charge in [-0.3, -0.25) is 0 Å². The second-order valence-electron chi connectivity index (χ2n) is 4.43. The summed E-state index contributed by atoms with van der Waals surface area (Å²) in [7, 11) is 0. The molecule has 1 atom stereocenters. The van der Waals surface area contributed by atoms with Crippen molar-refractivity contribution in [2.45, 2.75) is 19.4 Å². The Morgan fingerprint density at radius 2 is 1.88 bits per heavy atom. The third-order valence-corrected chi connectivity index (χ3v) is 3.30. The summed E-state index contributed by atoms with van der Waals surface area (Å²) >= 11 is 0. The van der Waals surface area contributed by atoms with Crippen LogP contribution in [0.15, 0.2) is 42.0 Å². The summed E-state index contributed by atoms with van der Waals surface area (Å²) in [5.74, 6) is 0. The van der Waals surface area contributed by atoms with E-state index in [0.717, 1.165) is 12.0 Å². The molecule has 1 nitrogen and oxygen atoms in total. The molecular weight excluding hydrogens is 196 g/mol. The SMILES string of the molecule is CC(O)C1=Cc2cccc3cccc(c23)C1. The molecule has 1 heteroatoms. The first-order chi connectivity index (χ1) is 7.75. The fourth-order valence-electron chi connectivity index (χ4n) is 2.46. The zero-order chi connectivity index (χ0) is 11.1. The summed E-state index contributed by atoms with van der Waals surface area (Å²) in [6.45, 7) is 1.83. The molecule has 2 aromatic carbocycles. The van der Waals surface area contributed by atoms with Gasteiger partial charge in [0.2, 0.25) is 0 Å². The summed E-state index contributed by atoms with van der Waals surface area (Å²) in [4.78, 5) is 0. The van der Waals surface area contributed by atoms with Crippen molar-refractivity contribution in [2.75, 3.05) is 0 Å². The topological polar surface area (TPSA) is 20.2 Å². The third kappa shape index (κ3) is 1.36. The van der Waals surface area contributed by atoms with Gasteiger partial charge < -0.3 is 5.11 Å². The van der Waals surface area contributed by atoms with Crippen LogP contribution < -0.4 is 0 Å². The van der Waals surface area contributed by atoms with E-state index in [1.54, 1.807) is 0 Å². The first kappa shape index (κ1) is 9.61. The summed E-state index contributed by atoms with van der Waals surface area (Å²) in [5, 5.41) is 12.3. The normalized spacial score (nSPS) is 16.0. The fraction of sp³-hybridized carbons (Fsp3) is 0.200. The molecule has 0 aromatic heterocycles. The van der Waals surface area contributed by atoms with E-state index in [4.69, 9.17) is 0 Å². The van der Waals surface area contributed by atoms with Crippen molar-refractivity contribution in [3.05, 3.63) is 53.1 Å². The van der Waals surface area contributed by atoms with Crippen molar-refractivity contribution in [2.24, 2.45) is 0 Å². The predicted molar refractivity (Wildman–Crippen MR) is 67.3 cm³/mol. The van der Waals surface area contributed by atoms with Crippen LogP contribution in [0.3, 0.4) is 0 Å². The Kier molecular flexibility index (Phi) is 2.08. The van der Waals surface area contributed by atoms with E-state index < -0.39 is 0 Å². The molecule has 0 fully saturated rings. The van der Waals surface area contributed by atoms with Crippen molar-refractivity contribution in [1.82, 2.24) is 0 Å². The molecule has 3 rings (SSSR count). The molecule has 0 radical (unpaired) electrons. The van der Waals surface area contributed by atoms with E-state index in [0.29, 0.717) is 0 Å². The zero-order valence-corrected chi connectivity index (χ0v) is 9.27. The lowest BCUT2D eigenvalue weighted by Crippen LogP contribution is -2.10. The van der Waals surface area contributed by atoms with Gasteiger partial charge in [0, 0.05) is 0 Å². The molecule has 0 saturated heterocycles. The monoisotopic (exact) mass is 210 g/mol. The van der Waals surface area contributed by atoms with Crippen molar-refractivity contribution in [3.8, 4) is 0 Å². The standard InChI is InChI=1S/C15H14O/c1-10(16)14-8-12-6-2-4-11-5-3-7-13(9-14)15(11)12/h2-8,10,16H,9H2,1H3. The zero-order valence-electron chi connectivity index (χ0n) is 9.27. The molecule has 0 aliphatic heterocycles. The van der Waals surface area contributed by atoms with Gasteiger partial charge >= 0.3 is 0 Å². The van der Waals surface area contributed by atoms with Crippen LogP contribution in [0.4, 0.5) is 0 Å². The molecule has 1 aliphatic rings. The Bertz CT molecular complexity index is 574. The summed E-state index contributed by atoms with van der Waals surface area (Å²) < 4.78 is 0. The van der Waals surface area contributed by atoms with Crippen LogP contribution in [-0.2, 0) is 6.42 Å². The van der Waals surface area contributed by atoms with Gasteiger partial charge in [0.05, 0.1) is 6.10 Å². The first-order valence-electron chi connectivity index (χ1n) is 5.65. The Labute approximate surface area is 95.0 Å². The van der Waals surface area contributed by atoms with Crippen LogP contribution in [0.1, 0.15) is 18.1 Å². The molecule has 0 saturated carbocycles. The number of hydrogen-bond acceptors (Lipinski definition) is 1.